The molecule has 52 valence electrons. The summed E-state index contributed by atoms with van der Waals surface area (Å²) >= 11 is 0. The van der Waals surface area contributed by atoms with Crippen molar-refractivity contribution in [2.45, 2.75) is 13.3 Å². The van der Waals surface area contributed by atoms with Crippen LogP contribution >= 0.6 is 0 Å². The van der Waals surface area contributed by atoms with E-state index in [4.69, 9.17) is 0 Å². The molecular weight excluding hydrogens is 105 g/mol. The fraction of sp³-hybridized carbons (Fsp3) is 1.00. The van der Waals surface area contributed by atoms with Gasteiger partial charge >= 0.3 is 0 Å². The Hall–Kier alpha value is -0.110. The summed E-state index contributed by atoms with van der Waals surface area (Å²) in [5.41, 5.74) is 0. The highest BCUT2D eigenvalue weighted by molar-refractivity contribution is 4.11. The second kappa shape index (κ2) is 10.00. The minimum Gasteiger partial charge on any atom is -0.312 e. The second-order valence-corrected chi connectivity index (χ2v) is 2.03. The van der Waals surface area contributed by atoms with E-state index in [2.05, 4.69) is 0 Å². The summed E-state index contributed by atoms with van der Waals surface area (Å²) < 4.78 is 10.7. The zero-order valence-corrected chi connectivity index (χ0v) is 6.24. The predicted molar refractivity (Wildman–Crippen MR) is 35.9 cm³/mol. The molecule has 8 heavy (non-hydrogen) atoms. The molecule has 0 heterocycles. The lowest BCUT2D eigenvalue weighted by Crippen LogP contribution is -1.99. The van der Waals surface area contributed by atoms with Crippen LogP contribution in [0.2, 0.25) is 0 Å². The smallest absolute Gasteiger partial charge is 0.0891 e. The second-order valence-electron chi connectivity index (χ2n) is 2.03. The molecule has 0 aromatic rings. The summed E-state index contributed by atoms with van der Waals surface area (Å²) in [6.45, 7) is 1.62. The topological polar surface area (TPSA) is 3.24 Å². The fourth-order valence-electron chi connectivity index (χ4n) is 0. The van der Waals surface area contributed by atoms with Crippen LogP contribution in [0.25, 0.3) is 0 Å². The Bertz CT molecular complexity index is 25.0. The fourth-order valence-corrected chi connectivity index (χ4v) is 0. The van der Waals surface area contributed by atoms with Crippen LogP contribution in [0.3, 0.4) is 0 Å². The molecule has 0 rings (SSSR count). The van der Waals surface area contributed by atoms with E-state index in [1.165, 1.54) is 0 Å². The minimum atomic E-state index is -0.181. The van der Waals surface area contributed by atoms with Gasteiger partial charge in [-0.25, -0.2) is 0 Å². The van der Waals surface area contributed by atoms with Crippen LogP contribution < -0.4 is 0 Å². The first kappa shape index (κ1) is 10.8. The van der Waals surface area contributed by atoms with Gasteiger partial charge in [-0.15, -0.1) is 0 Å². The van der Waals surface area contributed by atoms with E-state index < -0.39 is 0 Å². The molecular formula is C6H16FN. The quantitative estimate of drug-likeness (QED) is 0.508. The first-order valence-electron chi connectivity index (χ1n) is 2.82. The van der Waals surface area contributed by atoms with Gasteiger partial charge in [0, 0.05) is 0 Å². The average Bonchev–Trinajstić information content (AvgIpc) is 1.65. The molecule has 0 aromatic carbocycles. The van der Waals surface area contributed by atoms with E-state index in [-0.39, 0.29) is 6.67 Å². The molecule has 0 aliphatic heterocycles. The molecule has 0 spiro atoms. The van der Waals surface area contributed by atoms with Crippen molar-refractivity contribution in [3.63, 3.8) is 0 Å². The van der Waals surface area contributed by atoms with E-state index in [1.54, 1.807) is 6.92 Å². The minimum absolute atomic E-state index is 0.181. The van der Waals surface area contributed by atoms with Crippen LogP contribution in [0.4, 0.5) is 4.39 Å². The first-order valence-corrected chi connectivity index (χ1v) is 2.82. The van der Waals surface area contributed by atoms with E-state index in [1.807, 2.05) is 26.0 Å². The molecule has 0 atom stereocenters. The van der Waals surface area contributed by atoms with E-state index in [0.29, 0.717) is 6.42 Å². The van der Waals surface area contributed by atoms with Crippen LogP contribution in [0.15, 0.2) is 0 Å². The number of halogens is 1. The van der Waals surface area contributed by atoms with Gasteiger partial charge < -0.3 is 4.90 Å². The van der Waals surface area contributed by atoms with Gasteiger partial charge in [0.25, 0.3) is 0 Å². The Kier molecular flexibility index (Phi) is 13.5. The lowest BCUT2D eigenvalue weighted by molar-refractivity contribution is 0.487. The molecule has 1 nitrogen and oxygen atoms in total. The third kappa shape index (κ3) is 178. The summed E-state index contributed by atoms with van der Waals surface area (Å²) in [6.07, 6.45) is 0.653. The van der Waals surface area contributed by atoms with Crippen molar-refractivity contribution in [3.8, 4) is 0 Å². The van der Waals surface area contributed by atoms with Crippen LogP contribution in [0.1, 0.15) is 13.3 Å². The molecule has 0 aliphatic carbocycles. The van der Waals surface area contributed by atoms with Gasteiger partial charge in [0.2, 0.25) is 0 Å². The highest BCUT2D eigenvalue weighted by atomic mass is 19.1. The molecule has 0 fully saturated rings. The van der Waals surface area contributed by atoms with E-state index >= 15 is 0 Å². The molecule has 0 amide bonds. The maximum absolute atomic E-state index is 10.7. The molecule has 0 saturated carbocycles. The molecule has 0 aliphatic rings. The summed E-state index contributed by atoms with van der Waals surface area (Å²) in [4.78, 5) is 2.00. The van der Waals surface area contributed by atoms with Crippen molar-refractivity contribution in [3.05, 3.63) is 0 Å². The van der Waals surface area contributed by atoms with Crippen LogP contribution in [0, 0.1) is 0 Å². The predicted octanol–water partition coefficient (Wildman–Crippen LogP) is 1.54. The summed E-state index contributed by atoms with van der Waals surface area (Å²) in [5, 5.41) is 0. The molecule has 0 radical (unpaired) electrons. The molecule has 0 N–H and O–H groups in total. The van der Waals surface area contributed by atoms with Gasteiger partial charge in [-0.1, -0.05) is 6.92 Å². The van der Waals surface area contributed by atoms with Crippen molar-refractivity contribution in [2.75, 3.05) is 27.8 Å². The van der Waals surface area contributed by atoms with E-state index in [9.17, 15) is 4.39 Å². The lowest BCUT2D eigenvalue weighted by Gasteiger charge is -1.90. The third-order valence-electron chi connectivity index (χ3n) is 0.189. The highest BCUT2D eigenvalue weighted by Crippen LogP contribution is 1.69. The Morgan fingerprint density at radius 1 is 1.25 bits per heavy atom. The molecule has 0 saturated heterocycles. The normalized spacial score (nSPS) is 8.25. The number of alkyl halides is 1. The largest absolute Gasteiger partial charge is 0.312 e. The number of nitrogens with zero attached hydrogens (tertiary/aromatic N) is 1. The summed E-state index contributed by atoms with van der Waals surface area (Å²) in [6, 6.07) is 0. The molecule has 0 aromatic heterocycles. The van der Waals surface area contributed by atoms with Crippen molar-refractivity contribution in [1.29, 1.82) is 0 Å². The number of hydrogen-bond donors (Lipinski definition) is 0. The van der Waals surface area contributed by atoms with Gasteiger partial charge in [-0.3, -0.25) is 4.39 Å². The van der Waals surface area contributed by atoms with Crippen LogP contribution in [-0.4, -0.2) is 32.7 Å². The number of rotatable bonds is 1. The Morgan fingerprint density at radius 2 is 1.38 bits per heavy atom. The zero-order valence-electron chi connectivity index (χ0n) is 6.24. The maximum atomic E-state index is 10.7. The Balaban J connectivity index is 0. The monoisotopic (exact) mass is 121 g/mol. The van der Waals surface area contributed by atoms with Gasteiger partial charge in [-0.05, 0) is 27.6 Å². The summed E-state index contributed by atoms with van der Waals surface area (Å²) in [7, 11) is 6.00. The summed E-state index contributed by atoms with van der Waals surface area (Å²) in [5.74, 6) is 0. The van der Waals surface area contributed by atoms with Crippen molar-refractivity contribution in [1.82, 2.24) is 4.90 Å². The van der Waals surface area contributed by atoms with Gasteiger partial charge in [0.1, 0.15) is 0 Å². The standard InChI is InChI=1S/C3H7F.C3H9N/c1-2-3-4;1-4(2)3/h2-3H2,1H3;1-3H3. The third-order valence-corrected chi connectivity index (χ3v) is 0.189. The van der Waals surface area contributed by atoms with Crippen molar-refractivity contribution >= 4 is 0 Å². The van der Waals surface area contributed by atoms with E-state index in [0.717, 1.165) is 0 Å². The van der Waals surface area contributed by atoms with Gasteiger partial charge in [0.05, 0.1) is 6.67 Å². The SMILES string of the molecule is CCCF.CN(C)C. The Morgan fingerprint density at radius 3 is 1.38 bits per heavy atom. The average molecular weight is 121 g/mol. The van der Waals surface area contributed by atoms with Gasteiger partial charge in [-0.2, -0.15) is 0 Å². The van der Waals surface area contributed by atoms with Crippen molar-refractivity contribution in [2.24, 2.45) is 0 Å². The van der Waals surface area contributed by atoms with Crippen LogP contribution in [0.5, 0.6) is 0 Å². The molecule has 0 bridgehead atoms. The van der Waals surface area contributed by atoms with Crippen LogP contribution in [-0.2, 0) is 0 Å². The maximum Gasteiger partial charge on any atom is 0.0891 e. The highest BCUT2D eigenvalue weighted by Gasteiger charge is 1.60. The van der Waals surface area contributed by atoms with Gasteiger partial charge in [0.15, 0.2) is 0 Å². The number of hydrogen-bond acceptors (Lipinski definition) is 1. The van der Waals surface area contributed by atoms with Crippen molar-refractivity contribution < 1.29 is 4.39 Å². The Labute approximate surface area is 51.5 Å². The zero-order chi connectivity index (χ0) is 6.99. The first-order chi connectivity index (χ1) is 3.65. The molecule has 0 unspecified atom stereocenters. The lowest BCUT2D eigenvalue weighted by atomic mass is 10.6. The molecule has 2 heteroatoms.